The Labute approximate surface area is 156 Å². The molecule has 25 heavy (non-hydrogen) atoms. The van der Waals surface area contributed by atoms with Crippen molar-refractivity contribution in [2.45, 2.75) is 25.7 Å². The van der Waals surface area contributed by atoms with Crippen molar-refractivity contribution >= 4 is 40.8 Å². The highest BCUT2D eigenvalue weighted by atomic mass is 35.5. The lowest BCUT2D eigenvalue weighted by Gasteiger charge is -2.16. The third-order valence-electron chi connectivity index (χ3n) is 4.12. The van der Waals surface area contributed by atoms with Gasteiger partial charge in [0, 0.05) is 5.02 Å². The molecular formula is C19H17Cl2NO3. The van der Waals surface area contributed by atoms with Crippen molar-refractivity contribution in [2.75, 3.05) is 11.9 Å². The van der Waals surface area contributed by atoms with Crippen LogP contribution in [0.15, 0.2) is 36.4 Å². The maximum Gasteiger partial charge on any atom is 0.338 e. The van der Waals surface area contributed by atoms with Gasteiger partial charge in [-0.25, -0.2) is 4.79 Å². The Balaban J connectivity index is 1.57. The van der Waals surface area contributed by atoms with E-state index in [1.165, 1.54) is 23.6 Å². The van der Waals surface area contributed by atoms with Crippen LogP contribution in [0.4, 0.5) is 5.69 Å². The molecular weight excluding hydrogens is 361 g/mol. The van der Waals surface area contributed by atoms with Gasteiger partial charge in [0.1, 0.15) is 0 Å². The molecule has 1 aliphatic rings. The second kappa shape index (κ2) is 7.89. The molecule has 0 saturated carbocycles. The van der Waals surface area contributed by atoms with Crippen molar-refractivity contribution in [2.24, 2.45) is 0 Å². The van der Waals surface area contributed by atoms with Crippen LogP contribution in [-0.2, 0) is 22.4 Å². The van der Waals surface area contributed by atoms with Crippen molar-refractivity contribution in [3.05, 3.63) is 63.1 Å². The number of rotatable bonds is 4. The van der Waals surface area contributed by atoms with Crippen LogP contribution in [0.1, 0.15) is 34.3 Å². The topological polar surface area (TPSA) is 55.4 Å². The van der Waals surface area contributed by atoms with E-state index in [4.69, 9.17) is 27.9 Å². The number of ether oxygens (including phenoxy) is 1. The number of amides is 1. The molecule has 0 atom stereocenters. The lowest BCUT2D eigenvalue weighted by molar-refractivity contribution is -0.119. The number of carbonyl (C=O) groups is 2. The molecule has 1 N–H and O–H groups in total. The second-order valence-corrected chi connectivity index (χ2v) is 6.78. The van der Waals surface area contributed by atoms with E-state index in [2.05, 4.69) is 5.32 Å². The number of nitrogens with one attached hydrogen (secondary N) is 1. The van der Waals surface area contributed by atoms with E-state index in [1.807, 2.05) is 12.1 Å². The number of carbonyl (C=O) groups excluding carboxylic acids is 2. The van der Waals surface area contributed by atoms with E-state index in [9.17, 15) is 9.59 Å². The molecule has 0 unspecified atom stereocenters. The molecule has 0 fully saturated rings. The zero-order valence-electron chi connectivity index (χ0n) is 13.5. The van der Waals surface area contributed by atoms with Gasteiger partial charge in [-0.1, -0.05) is 29.3 Å². The Kier molecular flexibility index (Phi) is 5.61. The van der Waals surface area contributed by atoms with Crippen LogP contribution in [0.3, 0.4) is 0 Å². The molecule has 3 rings (SSSR count). The predicted molar refractivity (Wildman–Crippen MR) is 98.5 cm³/mol. The summed E-state index contributed by atoms with van der Waals surface area (Å²) < 4.78 is 5.10. The minimum atomic E-state index is -0.509. The number of benzene rings is 2. The number of halogens is 2. The lowest BCUT2D eigenvalue weighted by Crippen LogP contribution is -2.21. The van der Waals surface area contributed by atoms with Gasteiger partial charge in [0.15, 0.2) is 6.61 Å². The van der Waals surface area contributed by atoms with Crippen molar-refractivity contribution in [1.82, 2.24) is 0 Å². The third-order valence-corrected chi connectivity index (χ3v) is 4.67. The summed E-state index contributed by atoms with van der Waals surface area (Å²) in [6, 6.07) is 10.3. The maximum atomic E-state index is 12.2. The minimum Gasteiger partial charge on any atom is -0.452 e. The number of anilines is 1. The molecule has 2 aromatic carbocycles. The first kappa shape index (κ1) is 17.8. The van der Waals surface area contributed by atoms with Crippen LogP contribution in [0.5, 0.6) is 0 Å². The zero-order valence-corrected chi connectivity index (χ0v) is 15.0. The predicted octanol–water partition coefficient (Wildman–Crippen LogP) is 4.67. The number of hydrogen-bond donors (Lipinski definition) is 1. The Hall–Kier alpha value is -2.04. The highest BCUT2D eigenvalue weighted by Gasteiger charge is 2.15. The van der Waals surface area contributed by atoms with Crippen LogP contribution in [0, 0.1) is 0 Å². The van der Waals surface area contributed by atoms with Gasteiger partial charge in [-0.05, 0) is 67.1 Å². The van der Waals surface area contributed by atoms with Crippen LogP contribution in [-0.4, -0.2) is 18.5 Å². The fraction of sp³-hybridized carbons (Fsp3) is 0.263. The van der Waals surface area contributed by atoms with E-state index in [0.717, 1.165) is 19.3 Å². The summed E-state index contributed by atoms with van der Waals surface area (Å²) in [5, 5.41) is 3.38. The van der Waals surface area contributed by atoms with Gasteiger partial charge in [0.2, 0.25) is 0 Å². The average molecular weight is 378 g/mol. The fourth-order valence-corrected chi connectivity index (χ4v) is 3.31. The molecule has 6 heteroatoms. The van der Waals surface area contributed by atoms with Gasteiger partial charge in [0.05, 0.1) is 16.3 Å². The van der Waals surface area contributed by atoms with Crippen LogP contribution >= 0.6 is 23.2 Å². The first-order valence-electron chi connectivity index (χ1n) is 8.07. The van der Waals surface area contributed by atoms with E-state index in [1.54, 1.807) is 18.2 Å². The molecule has 0 saturated heterocycles. The van der Waals surface area contributed by atoms with Crippen LogP contribution < -0.4 is 5.32 Å². The fourth-order valence-electron chi connectivity index (χ4n) is 2.85. The van der Waals surface area contributed by atoms with Gasteiger partial charge < -0.3 is 10.1 Å². The zero-order chi connectivity index (χ0) is 17.8. The molecule has 0 bridgehead atoms. The van der Waals surface area contributed by atoms with E-state index in [0.29, 0.717) is 21.3 Å². The second-order valence-electron chi connectivity index (χ2n) is 5.94. The minimum absolute atomic E-state index is 0.321. The van der Waals surface area contributed by atoms with E-state index < -0.39 is 11.9 Å². The smallest absolute Gasteiger partial charge is 0.338 e. The van der Waals surface area contributed by atoms with Crippen LogP contribution in [0.2, 0.25) is 10.0 Å². The number of aryl methyl sites for hydroxylation is 2. The molecule has 0 radical (unpaired) electrons. The molecule has 130 valence electrons. The van der Waals surface area contributed by atoms with E-state index in [-0.39, 0.29) is 6.61 Å². The molecule has 0 spiro atoms. The summed E-state index contributed by atoms with van der Waals surface area (Å²) in [6.07, 6.45) is 4.35. The highest BCUT2D eigenvalue weighted by Crippen LogP contribution is 2.25. The quantitative estimate of drug-likeness (QED) is 0.787. The largest absolute Gasteiger partial charge is 0.452 e. The first-order chi connectivity index (χ1) is 12.0. The molecule has 0 aliphatic heterocycles. The first-order valence-corrected chi connectivity index (χ1v) is 8.82. The summed E-state index contributed by atoms with van der Waals surface area (Å²) in [4.78, 5) is 24.1. The van der Waals surface area contributed by atoms with Gasteiger partial charge in [-0.3, -0.25) is 4.79 Å². The monoisotopic (exact) mass is 377 g/mol. The van der Waals surface area contributed by atoms with Gasteiger partial charge in [0.25, 0.3) is 5.91 Å². The highest BCUT2D eigenvalue weighted by molar-refractivity contribution is 6.36. The van der Waals surface area contributed by atoms with Crippen LogP contribution in [0.25, 0.3) is 0 Å². The van der Waals surface area contributed by atoms with Gasteiger partial charge in [-0.15, -0.1) is 0 Å². The Morgan fingerprint density at radius 1 is 1.00 bits per heavy atom. The molecule has 0 aromatic heterocycles. The average Bonchev–Trinajstić information content (AvgIpc) is 2.61. The number of hydrogen-bond acceptors (Lipinski definition) is 3. The van der Waals surface area contributed by atoms with E-state index >= 15 is 0 Å². The summed E-state index contributed by atoms with van der Waals surface area (Å²) in [5.41, 5.74) is 3.37. The maximum absolute atomic E-state index is 12.2. The SMILES string of the molecule is O=C(COC(=O)c1ccc2c(c1)CCCC2)Nc1ccc(Cl)cc1Cl. The molecule has 1 aliphatic carbocycles. The normalized spacial score (nSPS) is 13.0. The van der Waals surface area contributed by atoms with Crippen molar-refractivity contribution < 1.29 is 14.3 Å². The molecule has 1 amide bonds. The number of fused-ring (bicyclic) bond motifs is 1. The molecule has 2 aromatic rings. The van der Waals surface area contributed by atoms with Gasteiger partial charge in [-0.2, -0.15) is 0 Å². The summed E-state index contributed by atoms with van der Waals surface area (Å²) in [6.45, 7) is -0.380. The third kappa shape index (κ3) is 4.53. The Morgan fingerprint density at radius 2 is 1.76 bits per heavy atom. The van der Waals surface area contributed by atoms with Crippen molar-refractivity contribution in [3.8, 4) is 0 Å². The summed E-state index contributed by atoms with van der Waals surface area (Å²) in [5.74, 6) is -0.971. The van der Waals surface area contributed by atoms with Gasteiger partial charge >= 0.3 is 5.97 Å². The standard InChI is InChI=1S/C19H17Cl2NO3/c20-15-7-8-17(16(21)10-15)22-18(23)11-25-19(24)14-6-5-12-3-1-2-4-13(12)9-14/h5-10H,1-4,11H2,(H,22,23). The molecule has 4 nitrogen and oxygen atoms in total. The van der Waals surface area contributed by atoms with Crippen molar-refractivity contribution in [3.63, 3.8) is 0 Å². The summed E-state index contributed by atoms with van der Waals surface area (Å²) >= 11 is 11.8. The Bertz CT molecular complexity index is 820. The molecule has 0 heterocycles. The Morgan fingerprint density at radius 3 is 2.52 bits per heavy atom. The summed E-state index contributed by atoms with van der Waals surface area (Å²) in [7, 11) is 0. The van der Waals surface area contributed by atoms with Crippen molar-refractivity contribution in [1.29, 1.82) is 0 Å². The number of esters is 1. The lowest BCUT2D eigenvalue weighted by atomic mass is 9.90.